The summed E-state index contributed by atoms with van der Waals surface area (Å²) < 4.78 is 5.70. The van der Waals surface area contributed by atoms with Crippen LogP contribution < -0.4 is 9.64 Å². The Hall–Kier alpha value is -1.55. The Bertz CT molecular complexity index is 510. The highest BCUT2D eigenvalue weighted by atomic mass is 32.1. The van der Waals surface area contributed by atoms with Gasteiger partial charge in [-0.1, -0.05) is 6.07 Å². The van der Waals surface area contributed by atoms with Gasteiger partial charge in [0, 0.05) is 11.1 Å². The molecule has 0 saturated carbocycles. The average Bonchev–Trinajstić information content (AvgIpc) is 2.82. The van der Waals surface area contributed by atoms with Crippen LogP contribution >= 0.6 is 11.3 Å². The van der Waals surface area contributed by atoms with E-state index in [-0.39, 0.29) is 0 Å². The summed E-state index contributed by atoms with van der Waals surface area (Å²) in [6.07, 6.45) is 1.94. The smallest absolute Gasteiger partial charge is 0.142 e. The number of aryl methyl sites for hydroxylation is 1. The zero-order valence-electron chi connectivity index (χ0n) is 9.72. The molecule has 0 amide bonds. The predicted octanol–water partition coefficient (Wildman–Crippen LogP) is 2.85. The molecule has 0 aliphatic carbocycles. The molecule has 2 heterocycles. The van der Waals surface area contributed by atoms with Crippen molar-refractivity contribution in [3.05, 3.63) is 40.3 Å². The quantitative estimate of drug-likeness (QED) is 0.814. The molecule has 0 N–H and O–H groups in total. The molecule has 0 radical (unpaired) electrons. The molecule has 1 aromatic heterocycles. The van der Waals surface area contributed by atoms with E-state index in [0.717, 1.165) is 25.4 Å². The van der Waals surface area contributed by atoms with Gasteiger partial charge in [0.1, 0.15) is 12.4 Å². The van der Waals surface area contributed by atoms with Crippen molar-refractivity contribution in [2.45, 2.75) is 13.5 Å². The molecular formula is C13H14N2OS. The van der Waals surface area contributed by atoms with Crippen molar-refractivity contribution < 1.29 is 4.74 Å². The first kappa shape index (κ1) is 10.6. The molecule has 0 unspecified atom stereocenters. The van der Waals surface area contributed by atoms with E-state index in [0.29, 0.717) is 0 Å². The van der Waals surface area contributed by atoms with Gasteiger partial charge in [-0.2, -0.15) is 0 Å². The molecule has 1 aliphatic heterocycles. The molecule has 0 bridgehead atoms. The first-order chi connectivity index (χ1) is 8.33. The topological polar surface area (TPSA) is 25.4 Å². The maximum atomic E-state index is 5.70. The second-order valence-corrected chi connectivity index (χ2v) is 5.18. The largest absolute Gasteiger partial charge is 0.490 e. The molecule has 1 aliphatic rings. The van der Waals surface area contributed by atoms with Crippen molar-refractivity contribution in [2.24, 2.45) is 0 Å². The van der Waals surface area contributed by atoms with Crippen LogP contribution in [0.2, 0.25) is 0 Å². The number of rotatable bonds is 2. The van der Waals surface area contributed by atoms with Crippen molar-refractivity contribution in [1.29, 1.82) is 0 Å². The zero-order valence-corrected chi connectivity index (χ0v) is 10.5. The van der Waals surface area contributed by atoms with Crippen LogP contribution in [-0.4, -0.2) is 18.1 Å². The fourth-order valence-electron chi connectivity index (χ4n) is 2.06. The number of anilines is 1. The highest BCUT2D eigenvalue weighted by Gasteiger charge is 2.18. The lowest BCUT2D eigenvalue weighted by atomic mass is 10.1. The fourth-order valence-corrected chi connectivity index (χ4v) is 2.67. The Kier molecular flexibility index (Phi) is 2.73. The number of hydrogen-bond acceptors (Lipinski definition) is 4. The van der Waals surface area contributed by atoms with Gasteiger partial charge in [-0.15, -0.1) is 11.3 Å². The van der Waals surface area contributed by atoms with Gasteiger partial charge in [0.25, 0.3) is 0 Å². The summed E-state index contributed by atoms with van der Waals surface area (Å²) in [4.78, 5) is 7.76. The maximum Gasteiger partial charge on any atom is 0.142 e. The summed E-state index contributed by atoms with van der Waals surface area (Å²) >= 11 is 1.70. The SMILES string of the molecule is Cc1ccc2c(c1)OCCN2Cc1cncs1. The first-order valence-electron chi connectivity index (χ1n) is 5.69. The minimum atomic E-state index is 0.759. The molecule has 0 saturated heterocycles. The number of hydrogen-bond donors (Lipinski definition) is 0. The van der Waals surface area contributed by atoms with Gasteiger partial charge in [0.05, 0.1) is 24.3 Å². The molecule has 3 rings (SSSR count). The van der Waals surface area contributed by atoms with E-state index in [4.69, 9.17) is 4.74 Å². The standard InChI is InChI=1S/C13H14N2OS/c1-10-2-3-12-13(6-10)16-5-4-15(12)8-11-7-14-9-17-11/h2-3,6-7,9H,4-5,8H2,1H3. The van der Waals surface area contributed by atoms with Crippen LogP contribution in [0.4, 0.5) is 5.69 Å². The number of aromatic nitrogens is 1. The van der Waals surface area contributed by atoms with Crippen LogP contribution in [0.15, 0.2) is 29.9 Å². The Morgan fingerprint density at radius 3 is 3.24 bits per heavy atom. The van der Waals surface area contributed by atoms with Crippen molar-refractivity contribution >= 4 is 17.0 Å². The molecule has 17 heavy (non-hydrogen) atoms. The third-order valence-electron chi connectivity index (χ3n) is 2.90. The van der Waals surface area contributed by atoms with Crippen LogP contribution in [0, 0.1) is 6.92 Å². The van der Waals surface area contributed by atoms with Crippen molar-refractivity contribution in [3.63, 3.8) is 0 Å². The van der Waals surface area contributed by atoms with Crippen LogP contribution in [-0.2, 0) is 6.54 Å². The molecule has 1 aromatic carbocycles. The van der Waals surface area contributed by atoms with E-state index < -0.39 is 0 Å². The van der Waals surface area contributed by atoms with Crippen LogP contribution in [0.1, 0.15) is 10.4 Å². The summed E-state index contributed by atoms with van der Waals surface area (Å²) in [5.41, 5.74) is 4.31. The molecular weight excluding hydrogens is 232 g/mol. The predicted molar refractivity (Wildman–Crippen MR) is 69.8 cm³/mol. The van der Waals surface area contributed by atoms with E-state index in [2.05, 4.69) is 35.0 Å². The van der Waals surface area contributed by atoms with E-state index in [1.165, 1.54) is 16.1 Å². The number of fused-ring (bicyclic) bond motifs is 1. The maximum absolute atomic E-state index is 5.70. The zero-order chi connectivity index (χ0) is 11.7. The summed E-state index contributed by atoms with van der Waals surface area (Å²) in [6, 6.07) is 6.38. The summed E-state index contributed by atoms with van der Waals surface area (Å²) in [5, 5.41) is 0. The van der Waals surface area contributed by atoms with Gasteiger partial charge < -0.3 is 9.64 Å². The molecule has 2 aromatic rings. The lowest BCUT2D eigenvalue weighted by Crippen LogP contribution is -2.31. The number of ether oxygens (including phenoxy) is 1. The third-order valence-corrected chi connectivity index (χ3v) is 3.67. The van der Waals surface area contributed by atoms with E-state index in [1.54, 1.807) is 11.3 Å². The second kappa shape index (κ2) is 4.37. The molecule has 0 atom stereocenters. The number of thiazole rings is 1. The summed E-state index contributed by atoms with van der Waals surface area (Å²) in [7, 11) is 0. The molecule has 0 spiro atoms. The summed E-state index contributed by atoms with van der Waals surface area (Å²) in [6.45, 7) is 4.71. The first-order valence-corrected chi connectivity index (χ1v) is 6.57. The van der Waals surface area contributed by atoms with Crippen LogP contribution in [0.25, 0.3) is 0 Å². The normalized spacial score (nSPS) is 14.3. The average molecular weight is 246 g/mol. The molecule has 88 valence electrons. The van der Waals surface area contributed by atoms with E-state index >= 15 is 0 Å². The van der Waals surface area contributed by atoms with Crippen molar-refractivity contribution in [3.8, 4) is 5.75 Å². The summed E-state index contributed by atoms with van der Waals surface area (Å²) in [5.74, 6) is 1.00. The highest BCUT2D eigenvalue weighted by molar-refractivity contribution is 7.09. The Morgan fingerprint density at radius 2 is 2.41 bits per heavy atom. The Balaban J connectivity index is 1.89. The number of benzene rings is 1. The lowest BCUT2D eigenvalue weighted by molar-refractivity contribution is 0.307. The molecule has 3 nitrogen and oxygen atoms in total. The third kappa shape index (κ3) is 2.13. The van der Waals surface area contributed by atoms with Crippen LogP contribution in [0.3, 0.4) is 0 Å². The van der Waals surface area contributed by atoms with Gasteiger partial charge >= 0.3 is 0 Å². The van der Waals surface area contributed by atoms with Gasteiger partial charge in [-0.05, 0) is 24.6 Å². The Morgan fingerprint density at radius 1 is 1.47 bits per heavy atom. The van der Waals surface area contributed by atoms with Crippen molar-refractivity contribution in [1.82, 2.24) is 4.98 Å². The Labute approximate surface area is 105 Å². The number of nitrogens with zero attached hydrogens (tertiary/aromatic N) is 2. The van der Waals surface area contributed by atoms with Gasteiger partial charge in [0.15, 0.2) is 0 Å². The van der Waals surface area contributed by atoms with E-state index in [1.807, 2.05) is 11.7 Å². The van der Waals surface area contributed by atoms with Crippen LogP contribution in [0.5, 0.6) is 5.75 Å². The molecule has 4 heteroatoms. The van der Waals surface area contributed by atoms with E-state index in [9.17, 15) is 0 Å². The lowest BCUT2D eigenvalue weighted by Gasteiger charge is -2.31. The monoisotopic (exact) mass is 246 g/mol. The second-order valence-electron chi connectivity index (χ2n) is 4.21. The van der Waals surface area contributed by atoms with Gasteiger partial charge in [-0.3, -0.25) is 4.98 Å². The minimum Gasteiger partial charge on any atom is -0.490 e. The molecule has 0 fully saturated rings. The van der Waals surface area contributed by atoms with Crippen molar-refractivity contribution in [2.75, 3.05) is 18.1 Å². The fraction of sp³-hybridized carbons (Fsp3) is 0.308. The minimum absolute atomic E-state index is 0.759. The van der Waals surface area contributed by atoms with Gasteiger partial charge in [0.2, 0.25) is 0 Å². The van der Waals surface area contributed by atoms with Gasteiger partial charge in [-0.25, -0.2) is 0 Å². The highest BCUT2D eigenvalue weighted by Crippen LogP contribution is 2.33.